The number of aliphatic imine (C=N–C) groups is 1. The quantitative estimate of drug-likeness (QED) is 0.459. The summed E-state index contributed by atoms with van der Waals surface area (Å²) in [6.07, 6.45) is 8.14. The van der Waals surface area contributed by atoms with Gasteiger partial charge in [0.05, 0.1) is 13.2 Å². The number of ether oxygens (including phenoxy) is 1. The highest BCUT2D eigenvalue weighted by Gasteiger charge is 2.30. The smallest absolute Gasteiger partial charge is 0.193 e. The minimum Gasteiger partial charge on any atom is -0.379 e. The minimum absolute atomic E-state index is 0.633. The molecule has 0 amide bonds. The van der Waals surface area contributed by atoms with Crippen LogP contribution in [0.3, 0.4) is 0 Å². The molecule has 3 aliphatic heterocycles. The third-order valence-corrected chi connectivity index (χ3v) is 6.28. The highest BCUT2D eigenvalue weighted by Crippen LogP contribution is 2.17. The molecule has 2 fully saturated rings. The zero-order valence-electron chi connectivity index (χ0n) is 17.3. The van der Waals surface area contributed by atoms with Gasteiger partial charge in [-0.05, 0) is 25.7 Å². The van der Waals surface area contributed by atoms with Crippen molar-refractivity contribution in [3.63, 3.8) is 0 Å². The lowest BCUT2D eigenvalue weighted by atomic mass is 10.2. The summed E-state index contributed by atoms with van der Waals surface area (Å²) in [7, 11) is 1.89. The van der Waals surface area contributed by atoms with Crippen molar-refractivity contribution in [2.24, 2.45) is 4.99 Å². The standard InChI is InChI=1S/C20H35N7O/c1-21-20(26-11-8-17(16-26)25-12-14-28-15-13-25)22-9-5-7-19-24-23-18-6-3-2-4-10-27(18)19/h17H,2-16H2,1H3,(H,21,22). The Morgan fingerprint density at radius 3 is 2.89 bits per heavy atom. The Bertz CT molecular complexity index is 653. The molecule has 8 nitrogen and oxygen atoms in total. The first-order valence-electron chi connectivity index (χ1n) is 11.0. The van der Waals surface area contributed by atoms with E-state index >= 15 is 0 Å². The topological polar surface area (TPSA) is 70.8 Å². The second-order valence-corrected chi connectivity index (χ2v) is 8.11. The van der Waals surface area contributed by atoms with Gasteiger partial charge in [-0.1, -0.05) is 6.42 Å². The fourth-order valence-corrected chi connectivity index (χ4v) is 4.68. The molecule has 156 valence electrons. The zero-order valence-corrected chi connectivity index (χ0v) is 17.3. The van der Waals surface area contributed by atoms with Crippen LogP contribution < -0.4 is 5.32 Å². The van der Waals surface area contributed by atoms with Gasteiger partial charge < -0.3 is 19.5 Å². The first kappa shape index (κ1) is 19.6. The summed E-state index contributed by atoms with van der Waals surface area (Å²) in [6, 6.07) is 0.633. The first-order valence-corrected chi connectivity index (χ1v) is 11.0. The number of aryl methyl sites for hydroxylation is 2. The van der Waals surface area contributed by atoms with Crippen LogP contribution in [0.5, 0.6) is 0 Å². The Kier molecular flexibility index (Phi) is 6.80. The largest absolute Gasteiger partial charge is 0.379 e. The van der Waals surface area contributed by atoms with Crippen molar-refractivity contribution < 1.29 is 4.74 Å². The summed E-state index contributed by atoms with van der Waals surface area (Å²) < 4.78 is 7.85. The van der Waals surface area contributed by atoms with E-state index in [1.807, 2.05) is 7.05 Å². The normalized spacial score (nSPS) is 24.2. The highest BCUT2D eigenvalue weighted by molar-refractivity contribution is 5.80. The Morgan fingerprint density at radius 2 is 2.04 bits per heavy atom. The maximum absolute atomic E-state index is 5.49. The van der Waals surface area contributed by atoms with Crippen LogP contribution in [-0.2, 0) is 24.1 Å². The van der Waals surface area contributed by atoms with Crippen LogP contribution in [0.15, 0.2) is 4.99 Å². The Labute approximate surface area is 168 Å². The molecule has 1 N–H and O–H groups in total. The number of nitrogens with zero attached hydrogens (tertiary/aromatic N) is 6. The van der Waals surface area contributed by atoms with Gasteiger partial charge in [0.15, 0.2) is 5.96 Å². The number of morpholine rings is 1. The van der Waals surface area contributed by atoms with Crippen molar-refractivity contribution in [2.75, 3.05) is 53.0 Å². The van der Waals surface area contributed by atoms with Crippen LogP contribution >= 0.6 is 0 Å². The molecule has 1 aromatic heterocycles. The highest BCUT2D eigenvalue weighted by atomic mass is 16.5. The number of likely N-dealkylation sites (tertiary alicyclic amines) is 1. The summed E-state index contributed by atoms with van der Waals surface area (Å²) in [5.74, 6) is 3.38. The van der Waals surface area contributed by atoms with Crippen LogP contribution in [0.1, 0.15) is 43.8 Å². The molecular weight excluding hydrogens is 354 g/mol. The van der Waals surface area contributed by atoms with Gasteiger partial charge in [0.1, 0.15) is 11.6 Å². The molecule has 0 aromatic carbocycles. The Morgan fingerprint density at radius 1 is 1.14 bits per heavy atom. The van der Waals surface area contributed by atoms with Crippen LogP contribution in [0.2, 0.25) is 0 Å². The molecule has 4 rings (SSSR count). The summed E-state index contributed by atoms with van der Waals surface area (Å²) >= 11 is 0. The predicted molar refractivity (Wildman–Crippen MR) is 110 cm³/mol. The maximum atomic E-state index is 5.49. The molecule has 1 unspecified atom stereocenters. The lowest BCUT2D eigenvalue weighted by Gasteiger charge is -2.32. The van der Waals surface area contributed by atoms with Gasteiger partial charge >= 0.3 is 0 Å². The molecule has 1 atom stereocenters. The average molecular weight is 390 g/mol. The van der Waals surface area contributed by atoms with Gasteiger partial charge in [-0.15, -0.1) is 10.2 Å². The number of fused-ring (bicyclic) bond motifs is 1. The SMILES string of the molecule is CN=C(NCCCc1nnc2n1CCCCC2)N1CCC(N2CCOCC2)C1. The fourth-order valence-electron chi connectivity index (χ4n) is 4.68. The number of guanidine groups is 1. The van der Waals surface area contributed by atoms with E-state index in [1.54, 1.807) is 0 Å². The van der Waals surface area contributed by atoms with E-state index in [0.717, 1.165) is 83.5 Å². The number of hydrogen-bond acceptors (Lipinski definition) is 5. The number of rotatable bonds is 5. The van der Waals surface area contributed by atoms with Crippen LogP contribution in [0.25, 0.3) is 0 Å². The zero-order chi connectivity index (χ0) is 19.2. The summed E-state index contributed by atoms with van der Waals surface area (Å²) in [6.45, 7) is 8.03. The predicted octanol–water partition coefficient (Wildman–Crippen LogP) is 0.919. The van der Waals surface area contributed by atoms with Crippen LogP contribution in [0, 0.1) is 0 Å². The second kappa shape index (κ2) is 9.69. The molecule has 4 heterocycles. The van der Waals surface area contributed by atoms with E-state index in [2.05, 4.69) is 34.9 Å². The Balaban J connectivity index is 1.21. The van der Waals surface area contributed by atoms with Crippen molar-refractivity contribution >= 4 is 5.96 Å². The number of aromatic nitrogens is 3. The summed E-state index contributed by atoms with van der Waals surface area (Å²) in [5, 5.41) is 12.4. The first-order chi connectivity index (χ1) is 13.8. The van der Waals surface area contributed by atoms with Gasteiger partial charge in [0, 0.05) is 65.2 Å². The third kappa shape index (κ3) is 4.66. The van der Waals surface area contributed by atoms with E-state index in [-0.39, 0.29) is 0 Å². The molecule has 28 heavy (non-hydrogen) atoms. The van der Waals surface area contributed by atoms with Crippen molar-refractivity contribution in [3.05, 3.63) is 11.6 Å². The van der Waals surface area contributed by atoms with E-state index in [1.165, 1.54) is 31.5 Å². The molecule has 0 spiro atoms. The van der Waals surface area contributed by atoms with Crippen molar-refractivity contribution in [2.45, 2.75) is 57.5 Å². The van der Waals surface area contributed by atoms with Crippen LogP contribution in [0.4, 0.5) is 0 Å². The number of nitrogens with one attached hydrogen (secondary N) is 1. The molecule has 3 aliphatic rings. The third-order valence-electron chi connectivity index (χ3n) is 6.28. The number of hydrogen-bond donors (Lipinski definition) is 1. The van der Waals surface area contributed by atoms with Gasteiger partial charge in [-0.2, -0.15) is 0 Å². The lowest BCUT2D eigenvalue weighted by Crippen LogP contribution is -2.46. The summed E-state index contributed by atoms with van der Waals surface area (Å²) in [5.41, 5.74) is 0. The van der Waals surface area contributed by atoms with Gasteiger partial charge in [0.25, 0.3) is 0 Å². The van der Waals surface area contributed by atoms with Gasteiger partial charge in [-0.3, -0.25) is 9.89 Å². The monoisotopic (exact) mass is 389 g/mol. The molecular formula is C20H35N7O. The minimum atomic E-state index is 0.633. The van der Waals surface area contributed by atoms with Crippen molar-refractivity contribution in [3.8, 4) is 0 Å². The van der Waals surface area contributed by atoms with E-state index in [0.29, 0.717) is 6.04 Å². The van der Waals surface area contributed by atoms with Gasteiger partial charge in [0.2, 0.25) is 0 Å². The van der Waals surface area contributed by atoms with Crippen LogP contribution in [-0.4, -0.2) is 89.6 Å². The van der Waals surface area contributed by atoms with E-state index < -0.39 is 0 Å². The van der Waals surface area contributed by atoms with Crippen molar-refractivity contribution in [1.82, 2.24) is 29.9 Å². The maximum Gasteiger partial charge on any atom is 0.193 e. The Hall–Kier alpha value is -1.67. The fraction of sp³-hybridized carbons (Fsp3) is 0.850. The average Bonchev–Trinajstić information content (AvgIpc) is 3.30. The van der Waals surface area contributed by atoms with E-state index in [4.69, 9.17) is 4.74 Å². The molecule has 1 aromatic rings. The molecule has 0 aliphatic carbocycles. The van der Waals surface area contributed by atoms with Crippen molar-refractivity contribution in [1.29, 1.82) is 0 Å². The van der Waals surface area contributed by atoms with E-state index in [9.17, 15) is 0 Å². The summed E-state index contributed by atoms with van der Waals surface area (Å²) in [4.78, 5) is 9.51. The lowest BCUT2D eigenvalue weighted by molar-refractivity contribution is 0.0195. The van der Waals surface area contributed by atoms with Gasteiger partial charge in [-0.25, -0.2) is 0 Å². The molecule has 8 heteroatoms. The molecule has 0 radical (unpaired) electrons. The molecule has 0 saturated carbocycles. The second-order valence-electron chi connectivity index (χ2n) is 8.11. The molecule has 0 bridgehead atoms. The molecule has 2 saturated heterocycles.